The van der Waals surface area contributed by atoms with Gasteiger partial charge in [0, 0.05) is 41.8 Å². The lowest BCUT2D eigenvalue weighted by molar-refractivity contribution is -0.437. The Morgan fingerprint density at radius 1 is 0.815 bits per heavy atom. The van der Waals surface area contributed by atoms with Gasteiger partial charge in [-0.3, -0.25) is 9.11 Å². The fourth-order valence-corrected chi connectivity index (χ4v) is 11.2. The molecule has 3 aliphatic rings. The Bertz CT molecular complexity index is 3120. The number of nitrogens with zero attached hydrogens (tertiary/aromatic N) is 3. The van der Waals surface area contributed by atoms with E-state index < -0.39 is 25.7 Å². The molecule has 13 heteroatoms. The van der Waals surface area contributed by atoms with Crippen LogP contribution in [-0.4, -0.2) is 72.0 Å². The summed E-state index contributed by atoms with van der Waals surface area (Å²) in [6.07, 6.45) is 13.6. The largest absolute Gasteiger partial charge is 0.457 e. The van der Waals surface area contributed by atoms with Gasteiger partial charge in [-0.2, -0.15) is 26.4 Å². The van der Waals surface area contributed by atoms with Crippen molar-refractivity contribution in [1.82, 2.24) is 0 Å². The van der Waals surface area contributed by atoms with Crippen molar-refractivity contribution in [2.45, 2.75) is 76.7 Å². The summed E-state index contributed by atoms with van der Waals surface area (Å²) in [5, 5.41) is 6.97. The highest BCUT2D eigenvalue weighted by Crippen LogP contribution is 2.49. The molecular weight excluding hydrogens is 875 g/mol. The van der Waals surface area contributed by atoms with E-state index in [1.807, 2.05) is 48.5 Å². The average molecular weight is 929 g/mol. The van der Waals surface area contributed by atoms with Crippen molar-refractivity contribution in [3.8, 4) is 5.75 Å². The van der Waals surface area contributed by atoms with Crippen LogP contribution in [0.15, 0.2) is 149 Å². The van der Waals surface area contributed by atoms with Gasteiger partial charge in [-0.25, -0.2) is 0 Å². The van der Waals surface area contributed by atoms with Crippen LogP contribution < -0.4 is 9.64 Å². The lowest BCUT2D eigenvalue weighted by Crippen LogP contribution is -2.40. The van der Waals surface area contributed by atoms with Gasteiger partial charge < -0.3 is 9.64 Å². The second-order valence-electron chi connectivity index (χ2n) is 18.1. The molecule has 0 saturated heterocycles. The summed E-state index contributed by atoms with van der Waals surface area (Å²) in [7, 11) is -8.27. The van der Waals surface area contributed by atoms with E-state index in [9.17, 15) is 25.9 Å². The molecule has 0 aromatic heterocycles. The molecule has 336 valence electrons. The highest BCUT2D eigenvalue weighted by atomic mass is 32.2. The van der Waals surface area contributed by atoms with E-state index in [0.29, 0.717) is 24.5 Å². The first-order chi connectivity index (χ1) is 31.0. The zero-order chi connectivity index (χ0) is 46.1. The van der Waals surface area contributed by atoms with Gasteiger partial charge >= 0.3 is 0 Å². The molecule has 0 amide bonds. The molecule has 5 aromatic carbocycles. The van der Waals surface area contributed by atoms with Crippen molar-refractivity contribution in [1.29, 1.82) is 0 Å². The number of ether oxygens (including phenoxy) is 1. The maximum absolute atomic E-state index is 11.8. The van der Waals surface area contributed by atoms with Crippen molar-refractivity contribution in [2.24, 2.45) is 4.99 Å². The van der Waals surface area contributed by atoms with Crippen LogP contribution in [-0.2, 0) is 31.1 Å². The molecule has 1 unspecified atom stereocenters. The van der Waals surface area contributed by atoms with Crippen LogP contribution in [0.1, 0.15) is 70.9 Å². The number of fused-ring (bicyclic) bond motifs is 6. The number of rotatable bonds is 15. The summed E-state index contributed by atoms with van der Waals surface area (Å²) in [6, 6.07) is 32.3. The van der Waals surface area contributed by atoms with E-state index in [4.69, 9.17) is 17.0 Å². The molecule has 5 aromatic rings. The topological polar surface area (TPSA) is 137 Å². The van der Waals surface area contributed by atoms with Gasteiger partial charge in [-0.1, -0.05) is 86.7 Å². The van der Waals surface area contributed by atoms with Crippen LogP contribution in [0.4, 0.5) is 17.1 Å². The van der Waals surface area contributed by atoms with E-state index >= 15 is 0 Å². The SMILES string of the molecule is CC1(C)C(/C=C/C2=C(Oc3ccc(N=C=S)cc3)C(=C/C=C/C3N(CCCS(=O)(=O)O)c4ccc5ccccc5c4C3(C)C)/CCC2)=[N+](CCCS(=O)(=O)O)c2ccc3ccccc3c21. The van der Waals surface area contributed by atoms with Gasteiger partial charge in [-0.05, 0) is 132 Å². The number of thiocarbonyl (C=S) groups is 1. The Balaban J connectivity index is 1.20. The minimum atomic E-state index is -4.15. The minimum absolute atomic E-state index is 0.127. The average Bonchev–Trinajstić information content (AvgIpc) is 3.61. The monoisotopic (exact) mass is 928 g/mol. The number of hydrogen-bond acceptors (Lipinski definition) is 8. The van der Waals surface area contributed by atoms with E-state index in [1.165, 1.54) is 5.56 Å². The lowest BCUT2D eigenvalue weighted by Gasteiger charge is -2.32. The third-order valence-electron chi connectivity index (χ3n) is 13.0. The maximum Gasteiger partial charge on any atom is 0.265 e. The summed E-state index contributed by atoms with van der Waals surface area (Å²) >= 11 is 4.83. The lowest BCUT2D eigenvalue weighted by atomic mass is 9.78. The van der Waals surface area contributed by atoms with Gasteiger partial charge in [-0.15, -0.1) is 0 Å². The van der Waals surface area contributed by atoms with Gasteiger partial charge in [0.1, 0.15) is 18.1 Å². The van der Waals surface area contributed by atoms with Crippen LogP contribution >= 0.6 is 12.2 Å². The Morgan fingerprint density at radius 3 is 2.14 bits per heavy atom. The number of aliphatic imine (C=N–C) groups is 1. The zero-order valence-electron chi connectivity index (χ0n) is 37.1. The molecule has 0 fully saturated rings. The minimum Gasteiger partial charge on any atom is -0.457 e. The normalized spacial score (nSPS) is 18.9. The third-order valence-corrected chi connectivity index (χ3v) is 14.7. The Kier molecular flexibility index (Phi) is 13.0. The Labute approximate surface area is 387 Å². The van der Waals surface area contributed by atoms with Gasteiger partial charge in [0.25, 0.3) is 20.2 Å². The van der Waals surface area contributed by atoms with Crippen LogP contribution in [0.2, 0.25) is 0 Å². The van der Waals surface area contributed by atoms with Crippen LogP contribution in [0.5, 0.6) is 5.75 Å². The van der Waals surface area contributed by atoms with E-state index in [-0.39, 0.29) is 35.8 Å². The molecule has 0 radical (unpaired) electrons. The number of isothiocyanates is 1. The molecule has 10 nitrogen and oxygen atoms in total. The fraction of sp³-hybridized carbons (Fsp3) is 0.308. The zero-order valence-corrected chi connectivity index (χ0v) is 39.5. The molecule has 2 aliphatic heterocycles. The summed E-state index contributed by atoms with van der Waals surface area (Å²) in [4.78, 5) is 6.37. The molecule has 65 heavy (non-hydrogen) atoms. The third kappa shape index (κ3) is 9.72. The smallest absolute Gasteiger partial charge is 0.265 e. The van der Waals surface area contributed by atoms with Crippen molar-refractivity contribution in [3.05, 3.63) is 155 Å². The standard InChI is InChI=1S/C52H53N3O7S3/c1-51(2)46(54(31-11-33-64(56,57)58)44-28-21-36-13-5-7-18-42(36)48(44)51)20-10-17-38-15-9-16-39(50(38)62-41-26-24-40(25-27-41)53-35-63)23-30-47-52(3,4)49-43-19-8-6-14-37(43)22-29-45(49)55(47)32-12-34-65(59,60)61/h5-8,10,13-14,17-30,46H,9,11-12,15-16,31-34H2,1-4H3,(H-,56,57,58,59,60,61)/p+1/b20-10+,30-23+,38-17+. The summed E-state index contributed by atoms with van der Waals surface area (Å²) < 4.78 is 75.6. The maximum atomic E-state index is 11.8. The molecule has 2 heterocycles. The molecule has 0 spiro atoms. The van der Waals surface area contributed by atoms with Crippen LogP contribution in [0, 0.1) is 0 Å². The predicted octanol–water partition coefficient (Wildman–Crippen LogP) is 11.4. The highest BCUT2D eigenvalue weighted by Gasteiger charge is 2.46. The molecule has 1 aliphatic carbocycles. The molecular formula is C52H54N3O7S3+. The van der Waals surface area contributed by atoms with Crippen LogP contribution in [0.25, 0.3) is 21.5 Å². The molecule has 0 saturated carbocycles. The summed E-state index contributed by atoms with van der Waals surface area (Å²) in [6.45, 7) is 9.69. The van der Waals surface area contributed by atoms with E-state index in [1.54, 1.807) is 0 Å². The summed E-state index contributed by atoms with van der Waals surface area (Å²) in [5.41, 5.74) is 7.32. The van der Waals surface area contributed by atoms with Crippen molar-refractivity contribution >= 4 is 81.9 Å². The predicted molar refractivity (Wildman–Crippen MR) is 266 cm³/mol. The summed E-state index contributed by atoms with van der Waals surface area (Å²) in [5.74, 6) is 0.710. The first-order valence-corrected chi connectivity index (χ1v) is 25.6. The van der Waals surface area contributed by atoms with Crippen molar-refractivity contribution in [2.75, 3.05) is 29.5 Å². The second-order valence-corrected chi connectivity index (χ2v) is 21.4. The fourth-order valence-electron chi connectivity index (χ4n) is 10.1. The number of benzene rings is 5. The molecule has 2 N–H and O–H groups in total. The van der Waals surface area contributed by atoms with Crippen molar-refractivity contribution in [3.63, 3.8) is 0 Å². The van der Waals surface area contributed by atoms with Gasteiger partial charge in [0.2, 0.25) is 5.69 Å². The first kappa shape index (κ1) is 46.0. The van der Waals surface area contributed by atoms with E-state index in [2.05, 4.69) is 126 Å². The van der Waals surface area contributed by atoms with Crippen LogP contribution in [0.3, 0.4) is 0 Å². The Morgan fingerprint density at radius 2 is 1.46 bits per heavy atom. The first-order valence-electron chi connectivity index (χ1n) is 22.0. The van der Waals surface area contributed by atoms with E-state index in [0.717, 1.165) is 80.4 Å². The molecule has 0 bridgehead atoms. The number of hydrogen-bond donors (Lipinski definition) is 2. The number of anilines is 1. The molecule has 8 rings (SSSR count). The highest BCUT2D eigenvalue weighted by molar-refractivity contribution is 7.86. The second kappa shape index (κ2) is 18.4. The Hall–Kier alpha value is -5.53. The number of allylic oxidation sites excluding steroid dienone is 6. The van der Waals surface area contributed by atoms with Crippen molar-refractivity contribution < 1.29 is 35.3 Å². The van der Waals surface area contributed by atoms with Gasteiger partial charge in [0.05, 0.1) is 33.8 Å². The quantitative estimate of drug-likeness (QED) is 0.0455. The van der Waals surface area contributed by atoms with Gasteiger partial charge in [0.15, 0.2) is 5.71 Å². The molecule has 1 atom stereocenters.